The van der Waals surface area contributed by atoms with E-state index in [2.05, 4.69) is 22.4 Å². The van der Waals surface area contributed by atoms with Gasteiger partial charge in [0.1, 0.15) is 5.82 Å². The number of benzene rings is 1. The molecule has 1 saturated carbocycles. The summed E-state index contributed by atoms with van der Waals surface area (Å²) in [4.78, 5) is 12.1. The summed E-state index contributed by atoms with van der Waals surface area (Å²) in [6.07, 6.45) is 5.46. The number of nitrogens with zero attached hydrogens (tertiary/aromatic N) is 3. The van der Waals surface area contributed by atoms with Crippen LogP contribution in [0, 0.1) is 0 Å². The molecule has 6 heteroatoms. The van der Waals surface area contributed by atoms with E-state index < -0.39 is 0 Å². The highest BCUT2D eigenvalue weighted by molar-refractivity contribution is 7.99. The quantitative estimate of drug-likeness (QED) is 0.827. The first-order valence-electron chi connectivity index (χ1n) is 8.20. The standard InChI is InChI=1S/C17H22N4OS/c1-2-15-19-20-17(21(15)14-10-4-3-5-11-14)23-12-16(22)18-13-8-6-7-9-13/h3-5,10-11,13H,2,6-9,12H2,1H3,(H,18,22). The molecule has 0 radical (unpaired) electrons. The Morgan fingerprint density at radius 1 is 1.26 bits per heavy atom. The highest BCUT2D eigenvalue weighted by atomic mass is 32.2. The number of para-hydroxylation sites is 1. The molecule has 1 aromatic heterocycles. The van der Waals surface area contributed by atoms with Gasteiger partial charge in [-0.25, -0.2) is 0 Å². The first-order chi connectivity index (χ1) is 11.3. The second-order valence-corrected chi connectivity index (χ2v) is 6.70. The summed E-state index contributed by atoms with van der Waals surface area (Å²) in [6, 6.07) is 10.4. The van der Waals surface area contributed by atoms with Gasteiger partial charge in [-0.05, 0) is 25.0 Å². The minimum Gasteiger partial charge on any atom is -0.353 e. The molecule has 0 bridgehead atoms. The Labute approximate surface area is 140 Å². The fourth-order valence-electron chi connectivity index (χ4n) is 2.93. The lowest BCUT2D eigenvalue weighted by Crippen LogP contribution is -2.33. The van der Waals surface area contributed by atoms with Crippen molar-refractivity contribution in [3.05, 3.63) is 36.2 Å². The molecule has 0 aliphatic heterocycles. The van der Waals surface area contributed by atoms with Gasteiger partial charge in [-0.3, -0.25) is 9.36 Å². The number of nitrogens with one attached hydrogen (secondary N) is 1. The van der Waals surface area contributed by atoms with Crippen LogP contribution in [0.2, 0.25) is 0 Å². The minimum absolute atomic E-state index is 0.0857. The molecule has 23 heavy (non-hydrogen) atoms. The molecule has 122 valence electrons. The summed E-state index contributed by atoms with van der Waals surface area (Å²) in [7, 11) is 0. The third-order valence-electron chi connectivity index (χ3n) is 4.08. The topological polar surface area (TPSA) is 59.8 Å². The summed E-state index contributed by atoms with van der Waals surface area (Å²) in [5.41, 5.74) is 1.04. The fourth-order valence-corrected chi connectivity index (χ4v) is 3.71. The van der Waals surface area contributed by atoms with Crippen molar-refractivity contribution in [3.63, 3.8) is 0 Å². The minimum atomic E-state index is 0.0857. The maximum Gasteiger partial charge on any atom is 0.230 e. The Hall–Kier alpha value is -1.82. The fraction of sp³-hybridized carbons (Fsp3) is 0.471. The number of aromatic nitrogens is 3. The van der Waals surface area contributed by atoms with E-state index in [1.165, 1.54) is 24.6 Å². The zero-order valence-electron chi connectivity index (χ0n) is 13.4. The molecule has 0 atom stereocenters. The van der Waals surface area contributed by atoms with Gasteiger partial charge < -0.3 is 5.32 Å². The molecule has 5 nitrogen and oxygen atoms in total. The largest absolute Gasteiger partial charge is 0.353 e. The van der Waals surface area contributed by atoms with E-state index in [-0.39, 0.29) is 5.91 Å². The van der Waals surface area contributed by atoms with Crippen molar-refractivity contribution in [2.24, 2.45) is 0 Å². The van der Waals surface area contributed by atoms with Gasteiger partial charge in [0.25, 0.3) is 0 Å². The van der Waals surface area contributed by atoms with Gasteiger partial charge in [-0.15, -0.1) is 10.2 Å². The number of aryl methyl sites for hydroxylation is 1. The van der Waals surface area contributed by atoms with Gasteiger partial charge in [0.15, 0.2) is 5.16 Å². The molecule has 1 aromatic carbocycles. The van der Waals surface area contributed by atoms with E-state index in [0.717, 1.165) is 35.9 Å². The van der Waals surface area contributed by atoms with Crippen LogP contribution >= 0.6 is 11.8 Å². The summed E-state index contributed by atoms with van der Waals surface area (Å²) in [5.74, 6) is 1.38. The smallest absolute Gasteiger partial charge is 0.230 e. The predicted octanol–water partition coefficient (Wildman–Crippen LogP) is 2.98. The van der Waals surface area contributed by atoms with Gasteiger partial charge in [-0.1, -0.05) is 49.7 Å². The van der Waals surface area contributed by atoms with E-state index in [4.69, 9.17) is 0 Å². The van der Waals surface area contributed by atoms with Crippen molar-refractivity contribution >= 4 is 17.7 Å². The summed E-state index contributed by atoms with van der Waals surface area (Å²) < 4.78 is 2.04. The molecule has 0 saturated heterocycles. The van der Waals surface area contributed by atoms with Crippen LogP contribution in [0.5, 0.6) is 0 Å². The molecule has 0 spiro atoms. The van der Waals surface area contributed by atoms with Crippen LogP contribution in [0.25, 0.3) is 5.69 Å². The van der Waals surface area contributed by atoms with Crippen molar-refractivity contribution in [1.29, 1.82) is 0 Å². The summed E-state index contributed by atoms with van der Waals surface area (Å²) in [5, 5.41) is 12.4. The van der Waals surface area contributed by atoms with Crippen LogP contribution in [0.4, 0.5) is 0 Å². The lowest BCUT2D eigenvalue weighted by atomic mass is 10.2. The molecule has 1 N–H and O–H groups in total. The first-order valence-corrected chi connectivity index (χ1v) is 9.18. The van der Waals surface area contributed by atoms with Gasteiger partial charge in [0.2, 0.25) is 5.91 Å². The Morgan fingerprint density at radius 2 is 2.00 bits per heavy atom. The van der Waals surface area contributed by atoms with Crippen molar-refractivity contribution in [1.82, 2.24) is 20.1 Å². The first kappa shape index (κ1) is 16.1. The van der Waals surface area contributed by atoms with E-state index in [1.807, 2.05) is 34.9 Å². The van der Waals surface area contributed by atoms with Crippen molar-refractivity contribution in [3.8, 4) is 5.69 Å². The van der Waals surface area contributed by atoms with Gasteiger partial charge >= 0.3 is 0 Å². The Kier molecular flexibility index (Phi) is 5.33. The Morgan fingerprint density at radius 3 is 2.70 bits per heavy atom. The maximum atomic E-state index is 12.1. The zero-order chi connectivity index (χ0) is 16.1. The van der Waals surface area contributed by atoms with Crippen LogP contribution < -0.4 is 5.32 Å². The van der Waals surface area contributed by atoms with E-state index in [9.17, 15) is 4.79 Å². The van der Waals surface area contributed by atoms with Crippen LogP contribution in [-0.2, 0) is 11.2 Å². The Balaban J connectivity index is 1.68. The summed E-state index contributed by atoms with van der Waals surface area (Å²) >= 11 is 1.45. The third kappa shape index (κ3) is 3.93. The average Bonchev–Trinajstić information content (AvgIpc) is 3.22. The second kappa shape index (κ2) is 7.64. The Bertz CT molecular complexity index is 650. The number of rotatable bonds is 6. The number of carbonyl (C=O) groups is 1. The number of hydrogen-bond donors (Lipinski definition) is 1. The number of thioether (sulfide) groups is 1. The van der Waals surface area contributed by atoms with Crippen LogP contribution in [0.3, 0.4) is 0 Å². The van der Waals surface area contributed by atoms with E-state index >= 15 is 0 Å². The highest BCUT2D eigenvalue weighted by Crippen LogP contribution is 2.23. The average molecular weight is 330 g/mol. The monoisotopic (exact) mass is 330 g/mol. The lowest BCUT2D eigenvalue weighted by Gasteiger charge is -2.12. The van der Waals surface area contributed by atoms with Crippen molar-refractivity contribution < 1.29 is 4.79 Å². The number of carbonyl (C=O) groups excluding carboxylic acids is 1. The number of amides is 1. The lowest BCUT2D eigenvalue weighted by molar-refractivity contribution is -0.119. The molecule has 2 aromatic rings. The molecule has 1 amide bonds. The molecule has 3 rings (SSSR count). The molecular formula is C17H22N4OS. The van der Waals surface area contributed by atoms with Crippen molar-refractivity contribution in [2.45, 2.75) is 50.2 Å². The molecule has 0 unspecified atom stereocenters. The summed E-state index contributed by atoms with van der Waals surface area (Å²) in [6.45, 7) is 2.06. The highest BCUT2D eigenvalue weighted by Gasteiger charge is 2.18. The molecule has 1 aliphatic carbocycles. The molecule has 1 fully saturated rings. The van der Waals surface area contributed by atoms with Crippen LogP contribution in [0.15, 0.2) is 35.5 Å². The van der Waals surface area contributed by atoms with Gasteiger partial charge in [0, 0.05) is 18.2 Å². The van der Waals surface area contributed by atoms with E-state index in [1.54, 1.807) is 0 Å². The van der Waals surface area contributed by atoms with Gasteiger partial charge in [0.05, 0.1) is 5.75 Å². The maximum absolute atomic E-state index is 12.1. The van der Waals surface area contributed by atoms with Crippen LogP contribution in [0.1, 0.15) is 38.4 Å². The molecular weight excluding hydrogens is 308 g/mol. The van der Waals surface area contributed by atoms with E-state index in [0.29, 0.717) is 11.8 Å². The third-order valence-corrected chi connectivity index (χ3v) is 5.01. The molecule has 1 heterocycles. The SMILES string of the molecule is CCc1nnc(SCC(=O)NC2CCCC2)n1-c1ccccc1. The zero-order valence-corrected chi connectivity index (χ0v) is 14.2. The molecule has 1 aliphatic rings. The van der Waals surface area contributed by atoms with Gasteiger partial charge in [-0.2, -0.15) is 0 Å². The number of hydrogen-bond acceptors (Lipinski definition) is 4. The van der Waals surface area contributed by atoms with Crippen molar-refractivity contribution in [2.75, 3.05) is 5.75 Å². The van der Waals surface area contributed by atoms with Crippen LogP contribution in [-0.4, -0.2) is 32.5 Å². The predicted molar refractivity (Wildman–Crippen MR) is 91.9 cm³/mol. The second-order valence-electron chi connectivity index (χ2n) is 5.76. The normalized spacial score (nSPS) is 15.0.